The third-order valence-electron chi connectivity index (χ3n) is 9.49. The van der Waals surface area contributed by atoms with Crippen LogP contribution in [0, 0.1) is 22.7 Å². The van der Waals surface area contributed by atoms with Crippen molar-refractivity contribution in [3.63, 3.8) is 0 Å². The Hall–Kier alpha value is -3.64. The van der Waals surface area contributed by atoms with Gasteiger partial charge in [-0.25, -0.2) is 0 Å². The number of nitrogens with one attached hydrogen (secondary N) is 2. The van der Waals surface area contributed by atoms with Crippen LogP contribution in [0.25, 0.3) is 0 Å². The van der Waals surface area contributed by atoms with Gasteiger partial charge >= 0.3 is 12.1 Å². The number of carbonyl (C=O) groups is 5. The fourth-order valence-corrected chi connectivity index (χ4v) is 7.12. The van der Waals surface area contributed by atoms with Gasteiger partial charge in [-0.2, -0.15) is 13.2 Å². The van der Waals surface area contributed by atoms with Crippen LogP contribution in [0.5, 0.6) is 0 Å². The number of rotatable bonds is 4. The number of hydrogen-bond donors (Lipinski definition) is 3. The van der Waals surface area contributed by atoms with E-state index in [4.69, 9.17) is 5.73 Å². The fraction of sp³-hybridized carbons (Fsp3) is 0.607. The maximum absolute atomic E-state index is 14.3. The standard InChI is InChI=1S/C28H34F3N5O5/c1-25(2,3)19(34-24(41)28(29,30)31)22(39)35-11-14-17(26(14,4)5)18(35)21(38)36-12-27(10-16(36)20(32)37)13-8-6-7-9-15(13)33-23(27)40/h6-9,14,16-19H,10-12H2,1-5H3,(H2,32,37)(H,33,40)(H,34,41)/t14-,16-,17-,18-,19+,27-/m0/s1. The van der Waals surface area contributed by atoms with E-state index in [1.807, 2.05) is 19.2 Å². The molecule has 5 amide bonds. The molecule has 4 aliphatic rings. The molecule has 0 radical (unpaired) electrons. The lowest BCUT2D eigenvalue weighted by Crippen LogP contribution is -2.61. The Morgan fingerprint density at radius 1 is 1.10 bits per heavy atom. The number of likely N-dealkylation sites (tertiary alicyclic amines) is 2. The quantitative estimate of drug-likeness (QED) is 0.498. The van der Waals surface area contributed by atoms with E-state index in [0.29, 0.717) is 11.3 Å². The molecule has 1 aliphatic carbocycles. The summed E-state index contributed by atoms with van der Waals surface area (Å²) in [6.45, 7) is 8.40. The van der Waals surface area contributed by atoms with Crippen LogP contribution in [0.3, 0.4) is 0 Å². The number of benzene rings is 1. The smallest absolute Gasteiger partial charge is 0.368 e. The van der Waals surface area contributed by atoms with Crippen LogP contribution >= 0.6 is 0 Å². The second-order valence-electron chi connectivity index (χ2n) is 13.3. The summed E-state index contributed by atoms with van der Waals surface area (Å²) in [7, 11) is 0. The average molecular weight is 578 g/mol. The lowest BCUT2D eigenvalue weighted by Gasteiger charge is -2.39. The van der Waals surface area contributed by atoms with E-state index in [-0.39, 0.29) is 42.7 Å². The number of para-hydroxylation sites is 1. The zero-order valence-electron chi connectivity index (χ0n) is 23.5. The number of primary amides is 1. The van der Waals surface area contributed by atoms with Gasteiger partial charge in [0, 0.05) is 18.8 Å². The Morgan fingerprint density at radius 3 is 2.32 bits per heavy atom. The van der Waals surface area contributed by atoms with E-state index in [1.165, 1.54) is 30.6 Å². The van der Waals surface area contributed by atoms with E-state index in [9.17, 15) is 37.1 Å². The first-order valence-electron chi connectivity index (χ1n) is 13.5. The number of nitrogens with two attached hydrogens (primary N) is 1. The molecule has 10 nitrogen and oxygen atoms in total. The van der Waals surface area contributed by atoms with E-state index in [1.54, 1.807) is 24.3 Å². The monoisotopic (exact) mass is 577 g/mol. The molecule has 1 spiro atoms. The van der Waals surface area contributed by atoms with Gasteiger partial charge in [0.2, 0.25) is 23.6 Å². The second kappa shape index (κ2) is 8.93. The van der Waals surface area contributed by atoms with Crippen molar-refractivity contribution < 1.29 is 37.1 Å². The second-order valence-corrected chi connectivity index (χ2v) is 13.3. The number of fused-ring (bicyclic) bond motifs is 3. The van der Waals surface area contributed by atoms with Crippen LogP contribution in [0.2, 0.25) is 0 Å². The normalized spacial score (nSPS) is 30.5. The summed E-state index contributed by atoms with van der Waals surface area (Å²) in [5.74, 6) is -5.27. The molecule has 5 rings (SSSR count). The Bertz CT molecular complexity index is 1360. The first kappa shape index (κ1) is 28.9. The summed E-state index contributed by atoms with van der Waals surface area (Å²) in [5.41, 5.74) is 4.27. The number of carbonyl (C=O) groups excluding carboxylic acids is 5. The van der Waals surface area contributed by atoms with Crippen LogP contribution in [0.1, 0.15) is 46.6 Å². The van der Waals surface area contributed by atoms with Gasteiger partial charge in [0.25, 0.3) is 0 Å². The van der Waals surface area contributed by atoms with Crippen LogP contribution in [0.15, 0.2) is 24.3 Å². The van der Waals surface area contributed by atoms with Crippen molar-refractivity contribution in [1.29, 1.82) is 0 Å². The number of halogens is 3. The first-order chi connectivity index (χ1) is 18.8. The lowest BCUT2D eigenvalue weighted by atomic mass is 9.79. The maximum Gasteiger partial charge on any atom is 0.471 e. The minimum absolute atomic E-state index is 0.0403. The molecule has 0 unspecified atom stereocenters. The zero-order chi connectivity index (χ0) is 30.4. The van der Waals surface area contributed by atoms with E-state index < -0.39 is 58.8 Å². The molecule has 41 heavy (non-hydrogen) atoms. The van der Waals surface area contributed by atoms with Crippen molar-refractivity contribution in [2.24, 2.45) is 28.4 Å². The summed E-state index contributed by atoms with van der Waals surface area (Å²) in [6, 6.07) is 3.16. The van der Waals surface area contributed by atoms with Gasteiger partial charge in [-0.1, -0.05) is 52.8 Å². The van der Waals surface area contributed by atoms with E-state index >= 15 is 0 Å². The highest BCUT2D eigenvalue weighted by Gasteiger charge is 2.71. The SMILES string of the molecule is CC(C)(C)[C@H](NC(=O)C(F)(F)F)C(=O)N1C[C@H]2[C@@H]([C@H]1C(=O)N1C[C@]3(C[C@H]1C(N)=O)C(=O)Nc1ccccc13)C2(C)C. The van der Waals surface area contributed by atoms with Gasteiger partial charge < -0.3 is 26.2 Å². The van der Waals surface area contributed by atoms with Crippen LogP contribution < -0.4 is 16.4 Å². The van der Waals surface area contributed by atoms with Gasteiger partial charge in [0.1, 0.15) is 18.1 Å². The van der Waals surface area contributed by atoms with Crippen molar-refractivity contribution in [2.45, 2.75) is 70.8 Å². The molecule has 1 aromatic carbocycles. The molecule has 3 aliphatic heterocycles. The zero-order valence-corrected chi connectivity index (χ0v) is 23.5. The molecular formula is C28H34F3N5O5. The molecule has 222 valence electrons. The van der Waals surface area contributed by atoms with Crippen molar-refractivity contribution in [3.05, 3.63) is 29.8 Å². The largest absolute Gasteiger partial charge is 0.471 e. The molecule has 0 aromatic heterocycles. The highest BCUT2D eigenvalue weighted by molar-refractivity contribution is 6.08. The number of hydrogen-bond acceptors (Lipinski definition) is 5. The third-order valence-corrected chi connectivity index (χ3v) is 9.49. The Labute approximate surface area is 235 Å². The topological polar surface area (TPSA) is 142 Å². The molecule has 3 heterocycles. The summed E-state index contributed by atoms with van der Waals surface area (Å²) in [4.78, 5) is 68.4. The molecule has 3 fully saturated rings. The molecule has 0 bridgehead atoms. The van der Waals surface area contributed by atoms with Crippen LogP contribution in [-0.2, 0) is 29.4 Å². The first-order valence-corrected chi connectivity index (χ1v) is 13.5. The number of alkyl halides is 3. The van der Waals surface area contributed by atoms with Crippen LogP contribution in [-0.4, -0.2) is 76.7 Å². The predicted molar refractivity (Wildman–Crippen MR) is 140 cm³/mol. The van der Waals surface area contributed by atoms with Gasteiger partial charge in [-0.05, 0) is 40.7 Å². The van der Waals surface area contributed by atoms with Gasteiger partial charge in [-0.3, -0.25) is 24.0 Å². The molecule has 13 heteroatoms. The van der Waals surface area contributed by atoms with E-state index in [0.717, 1.165) is 0 Å². The van der Waals surface area contributed by atoms with Gasteiger partial charge in [-0.15, -0.1) is 0 Å². The van der Waals surface area contributed by atoms with Crippen molar-refractivity contribution in [1.82, 2.24) is 15.1 Å². The summed E-state index contributed by atoms with van der Waals surface area (Å²) in [6.07, 6.45) is -5.24. The highest BCUT2D eigenvalue weighted by atomic mass is 19.4. The summed E-state index contributed by atoms with van der Waals surface area (Å²) < 4.78 is 39.4. The Morgan fingerprint density at radius 2 is 1.73 bits per heavy atom. The number of anilines is 1. The number of amides is 5. The number of piperidine rings is 1. The summed E-state index contributed by atoms with van der Waals surface area (Å²) >= 11 is 0. The molecule has 1 saturated carbocycles. The van der Waals surface area contributed by atoms with Crippen molar-refractivity contribution >= 4 is 35.2 Å². The van der Waals surface area contributed by atoms with Crippen molar-refractivity contribution in [3.8, 4) is 0 Å². The molecule has 2 saturated heterocycles. The lowest BCUT2D eigenvalue weighted by molar-refractivity contribution is -0.176. The van der Waals surface area contributed by atoms with Gasteiger partial charge in [0.15, 0.2) is 0 Å². The van der Waals surface area contributed by atoms with E-state index in [2.05, 4.69) is 5.32 Å². The molecular weight excluding hydrogens is 543 g/mol. The average Bonchev–Trinajstić information content (AvgIpc) is 3.30. The third kappa shape index (κ3) is 4.35. The van der Waals surface area contributed by atoms with Gasteiger partial charge in [0.05, 0.1) is 5.41 Å². The minimum Gasteiger partial charge on any atom is -0.368 e. The summed E-state index contributed by atoms with van der Waals surface area (Å²) in [5, 5.41) is 4.64. The van der Waals surface area contributed by atoms with Crippen molar-refractivity contribution in [2.75, 3.05) is 18.4 Å². The minimum atomic E-state index is -5.20. The Balaban J connectivity index is 1.49. The maximum atomic E-state index is 14.3. The predicted octanol–water partition coefficient (Wildman–Crippen LogP) is 1.54. The fourth-order valence-electron chi connectivity index (χ4n) is 7.12. The van der Waals surface area contributed by atoms with Crippen LogP contribution in [0.4, 0.5) is 18.9 Å². The molecule has 6 atom stereocenters. The molecule has 1 aromatic rings. The highest BCUT2D eigenvalue weighted by Crippen LogP contribution is 2.65. The molecule has 4 N–H and O–H groups in total. The Kier molecular flexibility index (Phi) is 6.29. The number of nitrogens with zero attached hydrogens (tertiary/aromatic N) is 2.